The van der Waals surface area contributed by atoms with Crippen LogP contribution in [0, 0.1) is 0 Å². The lowest BCUT2D eigenvalue weighted by molar-refractivity contribution is 0.367. The molecule has 118 valence electrons. The summed E-state index contributed by atoms with van der Waals surface area (Å²) in [6.07, 6.45) is 3.72. The SMILES string of the molecule is CCCNC1CCN(c2ccccc2C(C)(C)C)C(C)C1. The molecule has 0 bridgehead atoms. The number of hydrogen-bond donors (Lipinski definition) is 1. The highest BCUT2D eigenvalue weighted by atomic mass is 15.2. The van der Waals surface area contributed by atoms with Crippen LogP contribution in [0.5, 0.6) is 0 Å². The largest absolute Gasteiger partial charge is 0.368 e. The van der Waals surface area contributed by atoms with E-state index in [0.717, 1.165) is 13.1 Å². The molecule has 21 heavy (non-hydrogen) atoms. The van der Waals surface area contributed by atoms with Crippen molar-refractivity contribution in [2.45, 2.75) is 71.4 Å². The van der Waals surface area contributed by atoms with Gasteiger partial charge in [-0.3, -0.25) is 0 Å². The predicted molar refractivity (Wildman–Crippen MR) is 93.3 cm³/mol. The zero-order chi connectivity index (χ0) is 15.5. The smallest absolute Gasteiger partial charge is 0.0406 e. The summed E-state index contributed by atoms with van der Waals surface area (Å²) in [6, 6.07) is 10.2. The van der Waals surface area contributed by atoms with Crippen molar-refractivity contribution >= 4 is 5.69 Å². The van der Waals surface area contributed by atoms with Gasteiger partial charge in [0.15, 0.2) is 0 Å². The number of rotatable bonds is 4. The number of benzene rings is 1. The van der Waals surface area contributed by atoms with Gasteiger partial charge in [0.05, 0.1) is 0 Å². The highest BCUT2D eigenvalue weighted by Crippen LogP contribution is 2.34. The standard InChI is InChI=1S/C19H32N2/c1-6-12-20-16-11-13-21(15(2)14-16)18-10-8-7-9-17(18)19(3,4)5/h7-10,15-16,20H,6,11-14H2,1-5H3. The molecular formula is C19H32N2. The lowest BCUT2D eigenvalue weighted by Gasteiger charge is -2.42. The Morgan fingerprint density at radius 3 is 2.57 bits per heavy atom. The minimum absolute atomic E-state index is 0.202. The molecule has 0 aromatic heterocycles. The molecule has 1 aromatic carbocycles. The van der Waals surface area contributed by atoms with E-state index < -0.39 is 0 Å². The first kappa shape index (κ1) is 16.4. The summed E-state index contributed by atoms with van der Waals surface area (Å²) >= 11 is 0. The molecule has 2 rings (SSSR count). The van der Waals surface area contributed by atoms with Gasteiger partial charge in [0.25, 0.3) is 0 Å². The second-order valence-electron chi connectivity index (χ2n) is 7.48. The van der Waals surface area contributed by atoms with Crippen molar-refractivity contribution in [2.75, 3.05) is 18.0 Å². The number of hydrogen-bond acceptors (Lipinski definition) is 2. The molecule has 1 aliphatic rings. The molecule has 1 fully saturated rings. The first-order chi connectivity index (χ1) is 9.93. The van der Waals surface area contributed by atoms with Crippen LogP contribution in [0.1, 0.15) is 59.4 Å². The Labute approximate surface area is 130 Å². The Morgan fingerprint density at radius 1 is 1.24 bits per heavy atom. The zero-order valence-corrected chi connectivity index (χ0v) is 14.4. The van der Waals surface area contributed by atoms with Crippen molar-refractivity contribution in [3.05, 3.63) is 29.8 Å². The summed E-state index contributed by atoms with van der Waals surface area (Å²) in [4.78, 5) is 2.62. The molecule has 0 radical (unpaired) electrons. The van der Waals surface area contributed by atoms with Crippen molar-refractivity contribution in [3.8, 4) is 0 Å². The summed E-state index contributed by atoms with van der Waals surface area (Å²) in [5, 5.41) is 3.69. The lowest BCUT2D eigenvalue weighted by Crippen LogP contribution is -2.48. The molecule has 2 unspecified atom stereocenters. The predicted octanol–water partition coefficient (Wildman–Crippen LogP) is 4.34. The molecule has 1 aromatic rings. The van der Waals surface area contributed by atoms with Gasteiger partial charge < -0.3 is 10.2 Å². The third-order valence-corrected chi connectivity index (χ3v) is 4.58. The molecule has 2 atom stereocenters. The van der Waals surface area contributed by atoms with Gasteiger partial charge in [0, 0.05) is 24.3 Å². The third-order valence-electron chi connectivity index (χ3n) is 4.58. The molecule has 1 saturated heterocycles. The Kier molecular flexibility index (Phi) is 5.32. The van der Waals surface area contributed by atoms with E-state index in [4.69, 9.17) is 0 Å². The zero-order valence-electron chi connectivity index (χ0n) is 14.4. The van der Waals surface area contributed by atoms with Crippen LogP contribution in [0.4, 0.5) is 5.69 Å². The summed E-state index contributed by atoms with van der Waals surface area (Å²) in [7, 11) is 0. The minimum Gasteiger partial charge on any atom is -0.368 e. The minimum atomic E-state index is 0.202. The van der Waals surface area contributed by atoms with Gasteiger partial charge in [-0.05, 0) is 49.8 Å². The van der Waals surface area contributed by atoms with Crippen LogP contribution in [-0.4, -0.2) is 25.2 Å². The van der Waals surface area contributed by atoms with Gasteiger partial charge in [-0.15, -0.1) is 0 Å². The maximum absolute atomic E-state index is 3.69. The van der Waals surface area contributed by atoms with Crippen molar-refractivity contribution in [2.24, 2.45) is 0 Å². The number of nitrogens with one attached hydrogen (secondary N) is 1. The molecule has 0 amide bonds. The Morgan fingerprint density at radius 2 is 1.95 bits per heavy atom. The van der Waals surface area contributed by atoms with Crippen molar-refractivity contribution in [1.82, 2.24) is 5.32 Å². The molecule has 1 aliphatic heterocycles. The fourth-order valence-corrected chi connectivity index (χ4v) is 3.42. The van der Waals surface area contributed by atoms with Gasteiger partial charge in [-0.2, -0.15) is 0 Å². The summed E-state index contributed by atoms with van der Waals surface area (Å²) in [5.41, 5.74) is 3.11. The average molecular weight is 288 g/mol. The number of nitrogens with zero attached hydrogens (tertiary/aromatic N) is 1. The van der Waals surface area contributed by atoms with Crippen LogP contribution in [0.25, 0.3) is 0 Å². The van der Waals surface area contributed by atoms with Crippen LogP contribution in [0.3, 0.4) is 0 Å². The average Bonchev–Trinajstić information content (AvgIpc) is 2.44. The molecule has 1 N–H and O–H groups in total. The van der Waals surface area contributed by atoms with E-state index in [-0.39, 0.29) is 5.41 Å². The molecule has 0 saturated carbocycles. The number of para-hydroxylation sites is 1. The molecule has 0 aliphatic carbocycles. The summed E-state index contributed by atoms with van der Waals surface area (Å²) in [6.45, 7) is 13.9. The number of anilines is 1. The molecule has 2 nitrogen and oxygen atoms in total. The van der Waals surface area contributed by atoms with E-state index in [2.05, 4.69) is 69.1 Å². The van der Waals surface area contributed by atoms with Crippen molar-refractivity contribution in [1.29, 1.82) is 0 Å². The van der Waals surface area contributed by atoms with Gasteiger partial charge >= 0.3 is 0 Å². The van der Waals surface area contributed by atoms with Crippen molar-refractivity contribution < 1.29 is 0 Å². The third kappa shape index (κ3) is 4.00. The highest BCUT2D eigenvalue weighted by molar-refractivity contribution is 5.57. The summed E-state index contributed by atoms with van der Waals surface area (Å²) in [5.74, 6) is 0. The molecule has 0 spiro atoms. The Bertz CT molecular complexity index is 447. The van der Waals surface area contributed by atoms with E-state index in [9.17, 15) is 0 Å². The van der Waals surface area contributed by atoms with Crippen LogP contribution in [-0.2, 0) is 5.41 Å². The topological polar surface area (TPSA) is 15.3 Å². The second-order valence-corrected chi connectivity index (χ2v) is 7.48. The molecule has 2 heteroatoms. The van der Waals surface area contributed by atoms with Gasteiger partial charge in [0.2, 0.25) is 0 Å². The Balaban J connectivity index is 2.14. The lowest BCUT2D eigenvalue weighted by atomic mass is 9.84. The normalized spacial score (nSPS) is 23.4. The maximum Gasteiger partial charge on any atom is 0.0406 e. The first-order valence-electron chi connectivity index (χ1n) is 8.53. The first-order valence-corrected chi connectivity index (χ1v) is 8.53. The van der Waals surface area contributed by atoms with E-state index >= 15 is 0 Å². The van der Waals surface area contributed by atoms with Gasteiger partial charge in [-0.1, -0.05) is 45.9 Å². The van der Waals surface area contributed by atoms with Gasteiger partial charge in [0.1, 0.15) is 0 Å². The van der Waals surface area contributed by atoms with Crippen LogP contribution >= 0.6 is 0 Å². The number of piperidine rings is 1. The van der Waals surface area contributed by atoms with E-state index in [0.29, 0.717) is 12.1 Å². The quantitative estimate of drug-likeness (QED) is 0.886. The fourth-order valence-electron chi connectivity index (χ4n) is 3.42. The monoisotopic (exact) mass is 288 g/mol. The van der Waals surface area contributed by atoms with Crippen LogP contribution in [0.15, 0.2) is 24.3 Å². The van der Waals surface area contributed by atoms with Gasteiger partial charge in [-0.25, -0.2) is 0 Å². The van der Waals surface area contributed by atoms with Crippen LogP contribution in [0.2, 0.25) is 0 Å². The summed E-state index contributed by atoms with van der Waals surface area (Å²) < 4.78 is 0. The van der Waals surface area contributed by atoms with E-state index in [1.54, 1.807) is 0 Å². The van der Waals surface area contributed by atoms with Crippen molar-refractivity contribution in [3.63, 3.8) is 0 Å². The second kappa shape index (κ2) is 6.83. The van der Waals surface area contributed by atoms with E-state index in [1.165, 1.54) is 30.5 Å². The fraction of sp³-hybridized carbons (Fsp3) is 0.684. The van der Waals surface area contributed by atoms with E-state index in [1.807, 2.05) is 0 Å². The maximum atomic E-state index is 3.69. The highest BCUT2D eigenvalue weighted by Gasteiger charge is 2.28. The molecular weight excluding hydrogens is 256 g/mol. The van der Waals surface area contributed by atoms with Crippen LogP contribution < -0.4 is 10.2 Å². The molecule has 1 heterocycles. The Hall–Kier alpha value is -1.02.